The number of amides is 2. The molecule has 0 spiro atoms. The lowest BCUT2D eigenvalue weighted by molar-refractivity contribution is -0.121. The summed E-state index contributed by atoms with van der Waals surface area (Å²) in [6, 6.07) is 11.5. The highest BCUT2D eigenvalue weighted by Crippen LogP contribution is 2.11. The van der Waals surface area contributed by atoms with Crippen molar-refractivity contribution in [1.82, 2.24) is 10.6 Å². The van der Waals surface area contributed by atoms with Gasteiger partial charge in [0.25, 0.3) is 5.91 Å². The third kappa shape index (κ3) is 4.72. The molecule has 0 saturated carbocycles. The van der Waals surface area contributed by atoms with E-state index in [9.17, 15) is 9.59 Å². The molecule has 0 saturated heterocycles. The Labute approximate surface area is 128 Å². The summed E-state index contributed by atoms with van der Waals surface area (Å²) in [5.74, 6) is -0.211. The summed E-state index contributed by atoms with van der Waals surface area (Å²) in [5, 5.41) is 9.29. The van der Waals surface area contributed by atoms with E-state index in [-0.39, 0.29) is 24.3 Å². The monoisotopic (exact) mass is 302 g/mol. The van der Waals surface area contributed by atoms with Crippen LogP contribution in [-0.4, -0.2) is 18.4 Å². The Balaban J connectivity index is 1.71. The summed E-state index contributed by atoms with van der Waals surface area (Å²) in [6.45, 7) is 2.28. The summed E-state index contributed by atoms with van der Waals surface area (Å²) < 4.78 is 0. The van der Waals surface area contributed by atoms with Crippen molar-refractivity contribution in [2.24, 2.45) is 0 Å². The summed E-state index contributed by atoms with van der Waals surface area (Å²) in [6.07, 6.45) is 0.271. The molecule has 1 heterocycles. The molecule has 1 aromatic heterocycles. The minimum atomic E-state index is -0.139. The van der Waals surface area contributed by atoms with Crippen LogP contribution in [-0.2, 0) is 4.79 Å². The lowest BCUT2D eigenvalue weighted by Crippen LogP contribution is -2.31. The van der Waals surface area contributed by atoms with Gasteiger partial charge in [0.2, 0.25) is 5.91 Å². The molecule has 1 unspecified atom stereocenters. The third-order valence-electron chi connectivity index (χ3n) is 3.10. The zero-order valence-corrected chi connectivity index (χ0v) is 12.7. The number of carbonyl (C=O) groups is 2. The molecule has 2 aromatic rings. The van der Waals surface area contributed by atoms with E-state index in [1.807, 2.05) is 42.6 Å². The van der Waals surface area contributed by atoms with Crippen LogP contribution >= 0.6 is 11.3 Å². The quantitative estimate of drug-likeness (QED) is 0.862. The largest absolute Gasteiger partial charge is 0.351 e. The molecule has 2 rings (SSSR count). The first-order valence-electron chi connectivity index (χ1n) is 6.81. The second-order valence-corrected chi connectivity index (χ2v) is 5.50. The molecular weight excluding hydrogens is 284 g/mol. The fourth-order valence-corrected chi connectivity index (χ4v) is 2.56. The van der Waals surface area contributed by atoms with E-state index in [2.05, 4.69) is 10.6 Å². The second kappa shape index (κ2) is 7.59. The molecule has 1 aromatic carbocycles. The third-order valence-corrected chi connectivity index (χ3v) is 3.78. The maximum Gasteiger partial charge on any atom is 0.252 e. The van der Waals surface area contributed by atoms with E-state index in [4.69, 9.17) is 0 Å². The van der Waals surface area contributed by atoms with Gasteiger partial charge in [0.15, 0.2) is 0 Å². The van der Waals surface area contributed by atoms with Gasteiger partial charge in [-0.15, -0.1) is 0 Å². The first-order valence-corrected chi connectivity index (χ1v) is 7.76. The topological polar surface area (TPSA) is 58.2 Å². The predicted molar refractivity (Wildman–Crippen MR) is 84.3 cm³/mol. The highest BCUT2D eigenvalue weighted by molar-refractivity contribution is 7.08. The van der Waals surface area contributed by atoms with E-state index in [0.29, 0.717) is 12.1 Å². The van der Waals surface area contributed by atoms with Gasteiger partial charge in [0.05, 0.1) is 6.04 Å². The Kier molecular flexibility index (Phi) is 5.51. The van der Waals surface area contributed by atoms with Crippen molar-refractivity contribution in [2.75, 3.05) is 6.54 Å². The number of rotatable bonds is 6. The molecular formula is C16H18N2O2S. The molecule has 21 heavy (non-hydrogen) atoms. The molecule has 1 atom stereocenters. The normalized spacial score (nSPS) is 11.7. The van der Waals surface area contributed by atoms with Gasteiger partial charge in [-0.25, -0.2) is 0 Å². The molecule has 0 fully saturated rings. The summed E-state index contributed by atoms with van der Waals surface area (Å²) in [7, 11) is 0. The standard InChI is InChI=1S/C16H18N2O2S/c1-12(13-5-3-2-4-6-13)18-15(19)7-9-17-16(20)14-8-10-21-11-14/h2-6,8,10-12H,7,9H2,1H3,(H,17,20)(H,18,19). The highest BCUT2D eigenvalue weighted by atomic mass is 32.1. The van der Waals surface area contributed by atoms with Gasteiger partial charge < -0.3 is 10.6 Å². The maximum absolute atomic E-state index is 11.8. The van der Waals surface area contributed by atoms with Crippen LogP contribution < -0.4 is 10.6 Å². The number of benzene rings is 1. The number of nitrogens with one attached hydrogen (secondary N) is 2. The average Bonchev–Trinajstić information content (AvgIpc) is 3.02. The fraction of sp³-hybridized carbons (Fsp3) is 0.250. The van der Waals surface area contributed by atoms with Gasteiger partial charge in [0, 0.05) is 23.9 Å². The molecule has 2 N–H and O–H groups in total. The Hall–Kier alpha value is -2.14. The Morgan fingerprint density at radius 1 is 1.19 bits per heavy atom. The van der Waals surface area contributed by atoms with Crippen molar-refractivity contribution in [1.29, 1.82) is 0 Å². The van der Waals surface area contributed by atoms with Crippen LogP contribution in [0, 0.1) is 0 Å². The van der Waals surface area contributed by atoms with Crippen molar-refractivity contribution in [3.63, 3.8) is 0 Å². The van der Waals surface area contributed by atoms with Crippen molar-refractivity contribution < 1.29 is 9.59 Å². The highest BCUT2D eigenvalue weighted by Gasteiger charge is 2.10. The van der Waals surface area contributed by atoms with Gasteiger partial charge in [-0.3, -0.25) is 9.59 Å². The molecule has 0 aliphatic carbocycles. The predicted octanol–water partition coefficient (Wildman–Crippen LogP) is 2.75. The second-order valence-electron chi connectivity index (χ2n) is 4.72. The zero-order chi connectivity index (χ0) is 15.1. The maximum atomic E-state index is 11.8. The molecule has 4 nitrogen and oxygen atoms in total. The van der Waals surface area contributed by atoms with Crippen LogP contribution in [0.25, 0.3) is 0 Å². The van der Waals surface area contributed by atoms with E-state index in [1.54, 1.807) is 11.4 Å². The molecule has 0 bridgehead atoms. The molecule has 2 amide bonds. The SMILES string of the molecule is CC(NC(=O)CCNC(=O)c1ccsc1)c1ccccc1. The first-order chi connectivity index (χ1) is 10.2. The van der Waals surface area contributed by atoms with Crippen molar-refractivity contribution in [3.05, 3.63) is 58.3 Å². The minimum Gasteiger partial charge on any atom is -0.351 e. The fourth-order valence-electron chi connectivity index (χ4n) is 1.92. The van der Waals surface area contributed by atoms with E-state index < -0.39 is 0 Å². The van der Waals surface area contributed by atoms with Gasteiger partial charge in [-0.05, 0) is 23.9 Å². The number of carbonyl (C=O) groups excluding carboxylic acids is 2. The summed E-state index contributed by atoms with van der Waals surface area (Å²) >= 11 is 1.47. The van der Waals surface area contributed by atoms with Crippen LogP contribution in [0.2, 0.25) is 0 Å². The van der Waals surface area contributed by atoms with Gasteiger partial charge >= 0.3 is 0 Å². The first kappa shape index (κ1) is 15.3. The molecule has 0 aliphatic rings. The number of thiophene rings is 1. The lowest BCUT2D eigenvalue weighted by atomic mass is 10.1. The molecule has 0 radical (unpaired) electrons. The van der Waals surface area contributed by atoms with Crippen LogP contribution in [0.4, 0.5) is 0 Å². The van der Waals surface area contributed by atoms with Gasteiger partial charge in [-0.2, -0.15) is 11.3 Å². The Morgan fingerprint density at radius 2 is 1.95 bits per heavy atom. The summed E-state index contributed by atoms with van der Waals surface area (Å²) in [4.78, 5) is 23.5. The van der Waals surface area contributed by atoms with E-state index in [1.165, 1.54) is 11.3 Å². The van der Waals surface area contributed by atoms with E-state index >= 15 is 0 Å². The minimum absolute atomic E-state index is 0.0359. The van der Waals surface area contributed by atoms with E-state index in [0.717, 1.165) is 5.56 Å². The van der Waals surface area contributed by atoms with Gasteiger partial charge in [-0.1, -0.05) is 30.3 Å². The molecule has 0 aliphatic heterocycles. The summed E-state index contributed by atoms with van der Waals surface area (Å²) in [5.41, 5.74) is 1.70. The van der Waals surface area contributed by atoms with Crippen molar-refractivity contribution in [2.45, 2.75) is 19.4 Å². The van der Waals surface area contributed by atoms with Crippen LogP contribution in [0.5, 0.6) is 0 Å². The Morgan fingerprint density at radius 3 is 2.62 bits per heavy atom. The Bertz CT molecular complexity index is 582. The van der Waals surface area contributed by atoms with Crippen LogP contribution in [0.15, 0.2) is 47.2 Å². The smallest absolute Gasteiger partial charge is 0.252 e. The number of hydrogen-bond donors (Lipinski definition) is 2. The van der Waals surface area contributed by atoms with Crippen LogP contribution in [0.3, 0.4) is 0 Å². The van der Waals surface area contributed by atoms with Crippen molar-refractivity contribution in [3.8, 4) is 0 Å². The molecule has 5 heteroatoms. The average molecular weight is 302 g/mol. The van der Waals surface area contributed by atoms with Crippen LogP contribution in [0.1, 0.15) is 35.3 Å². The van der Waals surface area contributed by atoms with Crippen molar-refractivity contribution >= 4 is 23.2 Å². The lowest BCUT2D eigenvalue weighted by Gasteiger charge is -2.14. The molecule has 110 valence electrons. The zero-order valence-electron chi connectivity index (χ0n) is 11.8. The van der Waals surface area contributed by atoms with Gasteiger partial charge in [0.1, 0.15) is 0 Å². The number of hydrogen-bond acceptors (Lipinski definition) is 3.